The van der Waals surface area contributed by atoms with Crippen LogP contribution in [0.4, 0.5) is 0 Å². The summed E-state index contributed by atoms with van der Waals surface area (Å²) in [7, 11) is 0. The maximum absolute atomic E-state index is 9.40. The van der Waals surface area contributed by atoms with Gasteiger partial charge in [-0.15, -0.1) is 0 Å². The largest absolute Gasteiger partial charge is 0.389 e. The van der Waals surface area contributed by atoms with Crippen molar-refractivity contribution in [1.29, 1.82) is 0 Å². The summed E-state index contributed by atoms with van der Waals surface area (Å²) in [6, 6.07) is 0. The van der Waals surface area contributed by atoms with Gasteiger partial charge in [-0.05, 0) is 36.7 Å². The predicted molar refractivity (Wildman–Crippen MR) is 49.7 cm³/mol. The summed E-state index contributed by atoms with van der Waals surface area (Å²) < 4.78 is 0. The molecule has 1 N–H and O–H groups in total. The lowest BCUT2D eigenvalue weighted by Crippen LogP contribution is -2.20. The van der Waals surface area contributed by atoms with Gasteiger partial charge in [0.25, 0.3) is 0 Å². The van der Waals surface area contributed by atoms with Crippen LogP contribution >= 0.6 is 0 Å². The summed E-state index contributed by atoms with van der Waals surface area (Å²) in [6.07, 6.45) is 9.68. The number of aliphatic hydroxyl groups is 1. The van der Waals surface area contributed by atoms with E-state index in [1.165, 1.54) is 18.4 Å². The van der Waals surface area contributed by atoms with E-state index >= 15 is 0 Å². The van der Waals surface area contributed by atoms with Crippen molar-refractivity contribution in [2.24, 2.45) is 11.8 Å². The van der Waals surface area contributed by atoms with E-state index in [0.717, 1.165) is 18.3 Å². The number of fused-ring (bicyclic) bond motifs is 1. The van der Waals surface area contributed by atoms with Gasteiger partial charge in [0.2, 0.25) is 0 Å². The van der Waals surface area contributed by atoms with Crippen LogP contribution in [0.5, 0.6) is 0 Å². The third kappa shape index (κ3) is 1.46. The highest BCUT2D eigenvalue weighted by Crippen LogP contribution is 2.34. The first kappa shape index (κ1) is 8.06. The maximum Gasteiger partial charge on any atom is 0.0726 e. The monoisotopic (exact) mass is 164 g/mol. The van der Waals surface area contributed by atoms with Gasteiger partial charge in [-0.2, -0.15) is 0 Å². The van der Waals surface area contributed by atoms with E-state index in [9.17, 15) is 5.11 Å². The molecule has 0 saturated heterocycles. The van der Waals surface area contributed by atoms with Crippen molar-refractivity contribution >= 4 is 0 Å². The second kappa shape index (κ2) is 3.06. The van der Waals surface area contributed by atoms with E-state index in [-0.39, 0.29) is 6.10 Å². The van der Waals surface area contributed by atoms with Crippen LogP contribution in [0.3, 0.4) is 0 Å². The number of allylic oxidation sites excluding steroid dienone is 3. The minimum Gasteiger partial charge on any atom is -0.389 e. The molecule has 0 spiro atoms. The third-order valence-electron chi connectivity index (χ3n) is 2.94. The molecule has 0 heterocycles. The molecule has 0 unspecified atom stereocenters. The molecule has 0 saturated carbocycles. The average Bonchev–Trinajstić information content (AvgIpc) is 2.05. The summed E-state index contributed by atoms with van der Waals surface area (Å²) in [5.41, 5.74) is 1.37. The van der Waals surface area contributed by atoms with Crippen LogP contribution in [0.1, 0.15) is 26.2 Å². The van der Waals surface area contributed by atoms with E-state index in [1.807, 2.05) is 6.08 Å². The van der Waals surface area contributed by atoms with Crippen molar-refractivity contribution in [3.8, 4) is 0 Å². The zero-order chi connectivity index (χ0) is 8.55. The summed E-state index contributed by atoms with van der Waals surface area (Å²) in [4.78, 5) is 0. The SMILES string of the molecule is C[C@H]1C=CC2=C[C@@H](O)CC[C@@H]2C1. The second-order valence-electron chi connectivity index (χ2n) is 4.08. The average molecular weight is 164 g/mol. The minimum atomic E-state index is -0.186. The molecule has 0 fully saturated rings. The Balaban J connectivity index is 2.21. The van der Waals surface area contributed by atoms with Crippen LogP contribution in [0, 0.1) is 11.8 Å². The number of hydrogen-bond acceptors (Lipinski definition) is 1. The van der Waals surface area contributed by atoms with Gasteiger partial charge >= 0.3 is 0 Å². The highest BCUT2D eigenvalue weighted by Gasteiger charge is 2.23. The standard InChI is InChI=1S/C11H16O/c1-8-2-3-10-7-11(12)5-4-9(10)6-8/h2-3,7-9,11-12H,4-6H2,1H3/t8-,9+,11-/m0/s1. The fraction of sp³-hybridized carbons (Fsp3) is 0.636. The lowest BCUT2D eigenvalue weighted by molar-refractivity contribution is 0.188. The van der Waals surface area contributed by atoms with Crippen LogP contribution < -0.4 is 0 Å². The summed E-state index contributed by atoms with van der Waals surface area (Å²) in [6.45, 7) is 2.26. The van der Waals surface area contributed by atoms with Crippen LogP contribution in [-0.2, 0) is 0 Å². The van der Waals surface area contributed by atoms with Gasteiger partial charge in [-0.25, -0.2) is 0 Å². The first-order chi connectivity index (χ1) is 5.75. The van der Waals surface area contributed by atoms with Gasteiger partial charge in [-0.1, -0.05) is 25.2 Å². The lowest BCUT2D eigenvalue weighted by Gasteiger charge is -2.29. The molecule has 2 aliphatic carbocycles. The molecular formula is C11H16O. The molecule has 0 radical (unpaired) electrons. The van der Waals surface area contributed by atoms with Gasteiger partial charge < -0.3 is 5.11 Å². The Bertz CT molecular complexity index is 227. The summed E-state index contributed by atoms with van der Waals surface area (Å²) in [5, 5.41) is 9.40. The number of rotatable bonds is 0. The molecule has 2 rings (SSSR count). The molecule has 3 atom stereocenters. The highest BCUT2D eigenvalue weighted by atomic mass is 16.3. The molecule has 12 heavy (non-hydrogen) atoms. The van der Waals surface area contributed by atoms with Crippen LogP contribution in [-0.4, -0.2) is 11.2 Å². The Labute approximate surface area is 73.8 Å². The van der Waals surface area contributed by atoms with E-state index in [2.05, 4.69) is 19.1 Å². The molecule has 1 heteroatoms. The van der Waals surface area contributed by atoms with Crippen LogP contribution in [0.2, 0.25) is 0 Å². The molecule has 0 aromatic heterocycles. The molecule has 2 aliphatic rings. The Morgan fingerprint density at radius 3 is 3.08 bits per heavy atom. The van der Waals surface area contributed by atoms with E-state index in [0.29, 0.717) is 0 Å². The number of aliphatic hydroxyl groups excluding tert-OH is 1. The lowest BCUT2D eigenvalue weighted by atomic mass is 9.77. The van der Waals surface area contributed by atoms with Crippen molar-refractivity contribution in [2.75, 3.05) is 0 Å². The number of hydrogen-bond donors (Lipinski definition) is 1. The van der Waals surface area contributed by atoms with Crippen LogP contribution in [0.15, 0.2) is 23.8 Å². The minimum absolute atomic E-state index is 0.186. The molecular weight excluding hydrogens is 148 g/mol. The maximum atomic E-state index is 9.40. The summed E-state index contributed by atoms with van der Waals surface area (Å²) >= 11 is 0. The molecule has 0 amide bonds. The topological polar surface area (TPSA) is 20.2 Å². The van der Waals surface area contributed by atoms with Gasteiger partial charge in [0.05, 0.1) is 6.10 Å². The Hall–Kier alpha value is -0.560. The molecule has 66 valence electrons. The predicted octanol–water partition coefficient (Wildman–Crippen LogP) is 2.28. The van der Waals surface area contributed by atoms with Crippen molar-refractivity contribution in [3.63, 3.8) is 0 Å². The second-order valence-corrected chi connectivity index (χ2v) is 4.08. The van der Waals surface area contributed by atoms with Gasteiger partial charge in [0.15, 0.2) is 0 Å². The Kier molecular flexibility index (Phi) is 2.05. The zero-order valence-corrected chi connectivity index (χ0v) is 7.53. The molecule has 0 bridgehead atoms. The van der Waals surface area contributed by atoms with Crippen molar-refractivity contribution in [3.05, 3.63) is 23.8 Å². The van der Waals surface area contributed by atoms with Crippen molar-refractivity contribution < 1.29 is 5.11 Å². The molecule has 1 nitrogen and oxygen atoms in total. The van der Waals surface area contributed by atoms with Crippen molar-refractivity contribution in [1.82, 2.24) is 0 Å². The van der Waals surface area contributed by atoms with Gasteiger partial charge in [0, 0.05) is 0 Å². The fourth-order valence-electron chi connectivity index (χ4n) is 2.23. The first-order valence-electron chi connectivity index (χ1n) is 4.83. The quantitative estimate of drug-likeness (QED) is 0.582. The third-order valence-corrected chi connectivity index (χ3v) is 2.94. The van der Waals surface area contributed by atoms with Crippen molar-refractivity contribution in [2.45, 2.75) is 32.3 Å². The van der Waals surface area contributed by atoms with Crippen LogP contribution in [0.25, 0.3) is 0 Å². The highest BCUT2D eigenvalue weighted by molar-refractivity contribution is 5.28. The summed E-state index contributed by atoms with van der Waals surface area (Å²) in [5.74, 6) is 1.45. The van der Waals surface area contributed by atoms with Gasteiger partial charge in [-0.3, -0.25) is 0 Å². The Morgan fingerprint density at radius 1 is 1.42 bits per heavy atom. The van der Waals surface area contributed by atoms with Gasteiger partial charge in [0.1, 0.15) is 0 Å². The van der Waals surface area contributed by atoms with E-state index in [1.54, 1.807) is 0 Å². The Morgan fingerprint density at radius 2 is 2.25 bits per heavy atom. The van der Waals surface area contributed by atoms with E-state index in [4.69, 9.17) is 0 Å². The fourth-order valence-corrected chi connectivity index (χ4v) is 2.23. The first-order valence-corrected chi connectivity index (χ1v) is 4.83. The molecule has 0 aliphatic heterocycles. The smallest absolute Gasteiger partial charge is 0.0726 e. The van der Waals surface area contributed by atoms with E-state index < -0.39 is 0 Å². The molecule has 0 aromatic rings. The zero-order valence-electron chi connectivity index (χ0n) is 7.53. The molecule has 0 aromatic carbocycles. The normalized spacial score (nSPS) is 40.5.